The molecule has 2 atom stereocenters. The lowest BCUT2D eigenvalue weighted by Gasteiger charge is -2.28. The van der Waals surface area contributed by atoms with Crippen LogP contribution in [0.25, 0.3) is 0 Å². The summed E-state index contributed by atoms with van der Waals surface area (Å²) in [5, 5.41) is 14.1. The number of Topliss-reactive ketones (excluding diaryl/α,β-unsaturated/α-hetero) is 1. The normalized spacial score (nSPS) is 15.1. The van der Waals surface area contributed by atoms with Crippen molar-refractivity contribution in [2.75, 3.05) is 6.61 Å². The first-order valence-electron chi connectivity index (χ1n) is 11.3. The molecule has 1 saturated heterocycles. The highest BCUT2D eigenvalue weighted by Crippen LogP contribution is 2.38. The van der Waals surface area contributed by atoms with Crippen LogP contribution < -0.4 is 0 Å². The van der Waals surface area contributed by atoms with Crippen LogP contribution in [0.15, 0.2) is 36.7 Å². The van der Waals surface area contributed by atoms with E-state index in [2.05, 4.69) is 10.1 Å². The quantitative estimate of drug-likeness (QED) is 0.330. The van der Waals surface area contributed by atoms with E-state index < -0.39 is 76.2 Å². The first kappa shape index (κ1) is 26.7. The van der Waals surface area contributed by atoms with Gasteiger partial charge in [0.05, 0.1) is 23.7 Å². The number of benzene rings is 2. The molecule has 2 amide bonds. The number of nitrogens with zero attached hydrogens (tertiary/aromatic N) is 4. The monoisotopic (exact) mass is 530 g/mol. The summed E-state index contributed by atoms with van der Waals surface area (Å²) in [5.41, 5.74) is -2.11. The fraction of sp³-hybridized carbons (Fsp3) is 0.280. The van der Waals surface area contributed by atoms with Crippen LogP contribution >= 0.6 is 0 Å². The number of aromatic carboxylic acids is 1. The molecule has 198 valence electrons. The zero-order valence-electron chi connectivity index (χ0n) is 20.2. The van der Waals surface area contributed by atoms with Gasteiger partial charge < -0.3 is 5.11 Å². The number of carbonyl (C=O) groups is 4. The zero-order chi connectivity index (χ0) is 27.7. The van der Waals surface area contributed by atoms with Gasteiger partial charge in [-0.3, -0.25) is 23.9 Å². The van der Waals surface area contributed by atoms with E-state index in [9.17, 15) is 33.1 Å². The highest BCUT2D eigenvalue weighted by atomic mass is 19.1. The number of hydrogen-bond donors (Lipinski definition) is 1. The minimum Gasteiger partial charge on any atom is -0.478 e. The summed E-state index contributed by atoms with van der Waals surface area (Å²) in [5.74, 6) is -9.92. The predicted octanol–water partition coefficient (Wildman–Crippen LogP) is 3.07. The van der Waals surface area contributed by atoms with E-state index in [1.807, 2.05) is 0 Å². The molecule has 10 nitrogen and oxygen atoms in total. The molecule has 1 aliphatic rings. The summed E-state index contributed by atoms with van der Waals surface area (Å²) < 4.78 is 44.5. The summed E-state index contributed by atoms with van der Waals surface area (Å²) in [6, 6.07) is 5.37. The van der Waals surface area contributed by atoms with E-state index >= 15 is 4.39 Å². The van der Waals surface area contributed by atoms with Crippen molar-refractivity contribution < 1.29 is 42.3 Å². The molecule has 0 radical (unpaired) electrons. The summed E-state index contributed by atoms with van der Waals surface area (Å²) in [6.45, 7) is 0.534. The number of aromatic nitrogens is 3. The van der Waals surface area contributed by atoms with Crippen molar-refractivity contribution in [3.05, 3.63) is 82.2 Å². The van der Waals surface area contributed by atoms with Crippen LogP contribution in [0.1, 0.15) is 62.3 Å². The molecule has 0 aliphatic carbocycles. The van der Waals surface area contributed by atoms with Crippen LogP contribution in [0.5, 0.6) is 0 Å². The predicted molar refractivity (Wildman–Crippen MR) is 122 cm³/mol. The lowest BCUT2D eigenvalue weighted by atomic mass is 9.79. The Morgan fingerprint density at radius 3 is 2.29 bits per heavy atom. The van der Waals surface area contributed by atoms with Crippen molar-refractivity contribution in [1.82, 2.24) is 19.8 Å². The molecule has 2 heterocycles. The highest BCUT2D eigenvalue weighted by molar-refractivity contribution is 6.09. The number of hydrogen-bond acceptors (Lipinski definition) is 7. The van der Waals surface area contributed by atoms with Gasteiger partial charge in [-0.15, -0.1) is 0 Å². The number of imide groups is 1. The van der Waals surface area contributed by atoms with E-state index in [1.165, 1.54) is 23.9 Å². The van der Waals surface area contributed by atoms with Crippen LogP contribution in [0.4, 0.5) is 13.2 Å². The number of carbonyl (C=O) groups excluding carboxylic acids is 3. The van der Waals surface area contributed by atoms with Crippen molar-refractivity contribution in [2.45, 2.75) is 31.6 Å². The zero-order valence-corrected chi connectivity index (χ0v) is 20.2. The molecule has 0 saturated carbocycles. The van der Waals surface area contributed by atoms with Crippen LogP contribution in [-0.4, -0.2) is 55.1 Å². The molecule has 1 N–H and O–H groups in total. The van der Waals surface area contributed by atoms with E-state index in [0.717, 1.165) is 25.4 Å². The van der Waals surface area contributed by atoms with Crippen molar-refractivity contribution >= 4 is 23.6 Å². The Morgan fingerprint density at radius 2 is 1.74 bits per heavy atom. The third-order valence-electron chi connectivity index (χ3n) is 6.32. The van der Waals surface area contributed by atoms with Crippen LogP contribution in [-0.2, 0) is 21.5 Å². The van der Waals surface area contributed by atoms with Gasteiger partial charge in [-0.2, -0.15) is 10.2 Å². The molecule has 0 bridgehead atoms. The van der Waals surface area contributed by atoms with Gasteiger partial charge >= 0.3 is 5.97 Å². The molecule has 3 aromatic rings. The summed E-state index contributed by atoms with van der Waals surface area (Å²) in [4.78, 5) is 59.7. The second kappa shape index (κ2) is 10.5. The molecule has 1 aromatic heterocycles. The van der Waals surface area contributed by atoms with E-state index in [4.69, 9.17) is 4.84 Å². The number of rotatable bonds is 9. The molecule has 0 spiro atoms. The lowest BCUT2D eigenvalue weighted by molar-refractivity contribution is -0.189. The first-order valence-corrected chi connectivity index (χ1v) is 11.3. The van der Waals surface area contributed by atoms with Gasteiger partial charge in [-0.05, 0) is 30.7 Å². The van der Waals surface area contributed by atoms with Crippen LogP contribution in [0, 0.1) is 24.4 Å². The number of amides is 2. The maximum atomic E-state index is 15.3. The van der Waals surface area contributed by atoms with Crippen LogP contribution in [0.2, 0.25) is 0 Å². The van der Waals surface area contributed by atoms with Gasteiger partial charge in [0.1, 0.15) is 29.6 Å². The Morgan fingerprint density at radius 1 is 1.11 bits per heavy atom. The molecular formula is C25H21F3N4O6. The number of carboxylic acids is 1. The third kappa shape index (κ3) is 4.92. The fourth-order valence-corrected chi connectivity index (χ4v) is 4.30. The second-order valence-corrected chi connectivity index (χ2v) is 8.64. The largest absolute Gasteiger partial charge is 0.478 e. The number of aryl methyl sites for hydroxylation is 1. The lowest BCUT2D eigenvalue weighted by Crippen LogP contribution is -2.34. The maximum Gasteiger partial charge on any atom is 0.336 e. The van der Waals surface area contributed by atoms with E-state index in [0.29, 0.717) is 11.1 Å². The molecule has 2 aromatic carbocycles. The molecule has 1 aliphatic heterocycles. The minimum atomic E-state index is -1.74. The van der Waals surface area contributed by atoms with Crippen molar-refractivity contribution in [3.63, 3.8) is 0 Å². The SMILES string of the molecule is Cc1c(F)cc(C(=O)O)c(C(=O)C(c2ncnn2C)C(CON2C(=O)CCC2=O)c2ccc(F)cc2)c1F. The van der Waals surface area contributed by atoms with Crippen molar-refractivity contribution in [3.8, 4) is 0 Å². The topological polar surface area (TPSA) is 132 Å². The van der Waals surface area contributed by atoms with Crippen molar-refractivity contribution in [2.24, 2.45) is 7.05 Å². The van der Waals surface area contributed by atoms with Gasteiger partial charge in [0.25, 0.3) is 11.8 Å². The van der Waals surface area contributed by atoms with Crippen molar-refractivity contribution in [1.29, 1.82) is 0 Å². The molecule has 38 heavy (non-hydrogen) atoms. The van der Waals surface area contributed by atoms with Gasteiger partial charge in [-0.25, -0.2) is 22.9 Å². The standard InChI is InChI=1S/C25H21F3N4O6/c1-12-17(27)9-15(25(36)37)20(22(12)28)23(35)21(24-29-11-30-31(24)2)16(13-3-5-14(26)6-4-13)10-38-32-18(33)7-8-19(32)34/h3-6,9,11,16,21H,7-8,10H2,1-2H3,(H,36,37). The number of ketones is 1. The van der Waals surface area contributed by atoms with Crippen LogP contribution in [0.3, 0.4) is 0 Å². The minimum absolute atomic E-state index is 0.0512. The first-order chi connectivity index (χ1) is 18.0. The Balaban J connectivity index is 1.89. The van der Waals surface area contributed by atoms with E-state index in [-0.39, 0.29) is 24.2 Å². The Kier molecular flexibility index (Phi) is 7.39. The highest BCUT2D eigenvalue weighted by Gasteiger charge is 2.40. The van der Waals surface area contributed by atoms with Gasteiger partial charge in [-0.1, -0.05) is 12.1 Å². The number of carboxylic acid groups (broad SMARTS) is 1. The molecule has 13 heteroatoms. The number of halogens is 3. The van der Waals surface area contributed by atoms with E-state index in [1.54, 1.807) is 0 Å². The molecule has 1 fully saturated rings. The summed E-state index contributed by atoms with van der Waals surface area (Å²) in [6.07, 6.45) is 0.956. The van der Waals surface area contributed by atoms with Gasteiger partial charge in [0, 0.05) is 31.4 Å². The Bertz CT molecular complexity index is 1420. The Labute approximate surface area is 213 Å². The summed E-state index contributed by atoms with van der Waals surface area (Å²) >= 11 is 0. The third-order valence-corrected chi connectivity index (χ3v) is 6.32. The maximum absolute atomic E-state index is 15.3. The average molecular weight is 530 g/mol. The second-order valence-electron chi connectivity index (χ2n) is 8.64. The van der Waals surface area contributed by atoms with Gasteiger partial charge in [0.2, 0.25) is 0 Å². The summed E-state index contributed by atoms with van der Waals surface area (Å²) in [7, 11) is 1.43. The Hall–Kier alpha value is -4.39. The number of hydroxylamine groups is 2. The molecule has 2 unspecified atom stereocenters. The van der Waals surface area contributed by atoms with Gasteiger partial charge in [0.15, 0.2) is 5.78 Å². The fourth-order valence-electron chi connectivity index (χ4n) is 4.30. The molecule has 4 rings (SSSR count). The average Bonchev–Trinajstić information content (AvgIpc) is 3.44. The smallest absolute Gasteiger partial charge is 0.336 e. The molecular weight excluding hydrogens is 509 g/mol.